The minimum Gasteiger partial charge on any atom is -0.342 e. The van der Waals surface area contributed by atoms with E-state index in [1.807, 2.05) is 4.90 Å². The van der Waals surface area contributed by atoms with Crippen molar-refractivity contribution in [3.63, 3.8) is 0 Å². The number of carbonyl (C=O) groups is 2. The Balaban J connectivity index is 1.56. The second kappa shape index (κ2) is 5.26. The summed E-state index contributed by atoms with van der Waals surface area (Å²) in [6.07, 6.45) is 3.24. The number of carbonyl (C=O) groups excluding carboxylic acids is 2. The van der Waals surface area contributed by atoms with Crippen LogP contribution in [0.4, 0.5) is 0 Å². The Morgan fingerprint density at radius 1 is 1.14 bits per heavy atom. The topological polar surface area (TPSA) is 74.8 Å². The van der Waals surface area contributed by atoms with Gasteiger partial charge in [0.15, 0.2) is 9.84 Å². The highest BCUT2D eigenvalue weighted by Crippen LogP contribution is 2.42. The Kier molecular flexibility index (Phi) is 3.71. The summed E-state index contributed by atoms with van der Waals surface area (Å²) in [5.74, 6) is -0.126. The summed E-state index contributed by atoms with van der Waals surface area (Å²) in [6.45, 7) is 1.62. The minimum atomic E-state index is -2.99. The molecule has 3 rings (SSSR count). The van der Waals surface area contributed by atoms with E-state index in [9.17, 15) is 18.0 Å². The van der Waals surface area contributed by atoms with Crippen LogP contribution in [0.15, 0.2) is 0 Å². The summed E-state index contributed by atoms with van der Waals surface area (Å²) in [7, 11) is -1.32. The van der Waals surface area contributed by atoms with Crippen molar-refractivity contribution in [2.24, 2.45) is 11.8 Å². The van der Waals surface area contributed by atoms with Gasteiger partial charge < -0.3 is 9.80 Å². The fourth-order valence-corrected chi connectivity index (χ4v) is 5.21. The molecule has 2 saturated heterocycles. The molecule has 3 unspecified atom stereocenters. The fraction of sp³-hybridized carbons (Fsp3) is 0.857. The van der Waals surface area contributed by atoms with E-state index in [1.165, 1.54) is 0 Å². The molecule has 3 fully saturated rings. The maximum absolute atomic E-state index is 12.4. The zero-order valence-corrected chi connectivity index (χ0v) is 13.1. The molecule has 3 atom stereocenters. The Morgan fingerprint density at radius 2 is 1.81 bits per heavy atom. The molecule has 7 heteroatoms. The molecule has 6 nitrogen and oxygen atoms in total. The van der Waals surface area contributed by atoms with Crippen molar-refractivity contribution < 1.29 is 18.0 Å². The molecule has 0 N–H and O–H groups in total. The third-order valence-corrected chi connectivity index (χ3v) is 6.70. The number of likely N-dealkylation sites (tertiary alicyclic amines) is 1. The van der Waals surface area contributed by atoms with Crippen molar-refractivity contribution in [3.05, 3.63) is 0 Å². The second-order valence-corrected chi connectivity index (χ2v) is 8.72. The Morgan fingerprint density at radius 3 is 2.38 bits per heavy atom. The summed E-state index contributed by atoms with van der Waals surface area (Å²) in [6, 6.07) is -0.217. The average Bonchev–Trinajstić information content (AvgIpc) is 2.87. The van der Waals surface area contributed by atoms with E-state index in [-0.39, 0.29) is 41.2 Å². The third-order valence-electron chi connectivity index (χ3n) is 4.95. The van der Waals surface area contributed by atoms with Gasteiger partial charge in [-0.3, -0.25) is 9.59 Å². The predicted octanol–water partition coefficient (Wildman–Crippen LogP) is -0.110. The van der Waals surface area contributed by atoms with E-state index in [1.54, 1.807) is 11.9 Å². The van der Waals surface area contributed by atoms with Gasteiger partial charge >= 0.3 is 0 Å². The quantitative estimate of drug-likeness (QED) is 0.728. The summed E-state index contributed by atoms with van der Waals surface area (Å²) < 4.78 is 23.0. The molecule has 0 aromatic carbocycles. The maximum atomic E-state index is 12.4. The highest BCUT2D eigenvalue weighted by Gasteiger charge is 2.51. The van der Waals surface area contributed by atoms with Gasteiger partial charge in [0.2, 0.25) is 11.8 Å². The van der Waals surface area contributed by atoms with Crippen LogP contribution in [0.25, 0.3) is 0 Å². The molecule has 0 aromatic rings. The zero-order chi connectivity index (χ0) is 15.2. The van der Waals surface area contributed by atoms with Crippen LogP contribution in [-0.4, -0.2) is 67.7 Å². The van der Waals surface area contributed by atoms with Gasteiger partial charge in [0.05, 0.1) is 23.3 Å². The van der Waals surface area contributed by atoms with Crippen LogP contribution >= 0.6 is 0 Å². The van der Waals surface area contributed by atoms with E-state index in [0.29, 0.717) is 12.8 Å². The first-order valence-corrected chi connectivity index (χ1v) is 9.47. The van der Waals surface area contributed by atoms with Crippen LogP contribution in [0.1, 0.15) is 25.7 Å². The third kappa shape index (κ3) is 2.93. The maximum Gasteiger partial charge on any atom is 0.226 e. The van der Waals surface area contributed by atoms with Crippen molar-refractivity contribution in [2.45, 2.75) is 31.7 Å². The fourth-order valence-electron chi connectivity index (χ4n) is 3.44. The summed E-state index contributed by atoms with van der Waals surface area (Å²) >= 11 is 0. The van der Waals surface area contributed by atoms with Crippen LogP contribution < -0.4 is 0 Å². The van der Waals surface area contributed by atoms with E-state index < -0.39 is 9.84 Å². The Hall–Kier alpha value is -1.11. The van der Waals surface area contributed by atoms with Gasteiger partial charge in [0.25, 0.3) is 0 Å². The van der Waals surface area contributed by atoms with Crippen molar-refractivity contribution in [3.8, 4) is 0 Å². The lowest BCUT2D eigenvalue weighted by atomic mass is 10.2. The average molecular weight is 314 g/mol. The lowest BCUT2D eigenvalue weighted by molar-refractivity contribution is -0.137. The van der Waals surface area contributed by atoms with Crippen molar-refractivity contribution >= 4 is 21.7 Å². The highest BCUT2D eigenvalue weighted by atomic mass is 32.2. The van der Waals surface area contributed by atoms with E-state index in [2.05, 4.69) is 0 Å². The predicted molar refractivity (Wildman–Crippen MR) is 77.2 cm³/mol. The molecule has 2 heterocycles. The number of hydrogen-bond acceptors (Lipinski definition) is 4. The van der Waals surface area contributed by atoms with Gasteiger partial charge in [-0.25, -0.2) is 8.42 Å². The minimum absolute atomic E-state index is 0.0605. The molecule has 2 aliphatic heterocycles. The van der Waals surface area contributed by atoms with Gasteiger partial charge in [-0.05, 0) is 25.7 Å². The number of rotatable bonds is 3. The van der Waals surface area contributed by atoms with Crippen molar-refractivity contribution in [1.82, 2.24) is 9.80 Å². The SMILES string of the molecule is CN(C(=O)C1CC1C(=O)N1CCCC1)C1CCS(=O)(=O)C1. The van der Waals surface area contributed by atoms with Gasteiger partial charge in [-0.15, -0.1) is 0 Å². The highest BCUT2D eigenvalue weighted by molar-refractivity contribution is 7.91. The largest absolute Gasteiger partial charge is 0.342 e. The molecule has 0 radical (unpaired) electrons. The molecule has 2 amide bonds. The molecule has 21 heavy (non-hydrogen) atoms. The molecule has 3 aliphatic rings. The van der Waals surface area contributed by atoms with Gasteiger partial charge in [0.1, 0.15) is 0 Å². The molecule has 118 valence electrons. The Labute approximate surface area is 125 Å². The molecule has 1 aliphatic carbocycles. The monoisotopic (exact) mass is 314 g/mol. The number of hydrogen-bond donors (Lipinski definition) is 0. The molecule has 1 saturated carbocycles. The van der Waals surface area contributed by atoms with Crippen molar-refractivity contribution in [1.29, 1.82) is 0 Å². The van der Waals surface area contributed by atoms with Crippen LogP contribution in [-0.2, 0) is 19.4 Å². The summed E-state index contributed by atoms with van der Waals surface area (Å²) in [4.78, 5) is 28.0. The van der Waals surface area contributed by atoms with E-state index in [4.69, 9.17) is 0 Å². The first-order chi connectivity index (χ1) is 9.89. The molecular formula is C14H22N2O4S. The van der Waals surface area contributed by atoms with Crippen LogP contribution in [0, 0.1) is 11.8 Å². The van der Waals surface area contributed by atoms with Gasteiger partial charge in [0, 0.05) is 26.2 Å². The van der Waals surface area contributed by atoms with E-state index >= 15 is 0 Å². The van der Waals surface area contributed by atoms with Crippen LogP contribution in [0.2, 0.25) is 0 Å². The second-order valence-electron chi connectivity index (χ2n) is 6.49. The molecule has 0 aromatic heterocycles. The first-order valence-electron chi connectivity index (χ1n) is 7.65. The molecule has 0 spiro atoms. The first kappa shape index (κ1) is 14.8. The molecule has 0 bridgehead atoms. The van der Waals surface area contributed by atoms with Crippen LogP contribution in [0.5, 0.6) is 0 Å². The normalized spacial score (nSPS) is 34.0. The Bertz CT molecular complexity index is 553. The summed E-state index contributed by atoms with van der Waals surface area (Å²) in [5, 5.41) is 0. The smallest absolute Gasteiger partial charge is 0.226 e. The summed E-state index contributed by atoms with van der Waals surface area (Å²) in [5.41, 5.74) is 0. The standard InChI is InChI=1S/C14H22N2O4S/c1-15(10-4-7-21(19,20)9-10)13(17)11-8-12(11)14(18)16-5-2-3-6-16/h10-12H,2-9H2,1H3. The van der Waals surface area contributed by atoms with Gasteiger partial charge in [-0.1, -0.05) is 0 Å². The van der Waals surface area contributed by atoms with E-state index in [0.717, 1.165) is 25.9 Å². The lowest BCUT2D eigenvalue weighted by Gasteiger charge is -2.24. The number of amides is 2. The van der Waals surface area contributed by atoms with Crippen molar-refractivity contribution in [2.75, 3.05) is 31.6 Å². The number of sulfone groups is 1. The lowest BCUT2D eigenvalue weighted by Crippen LogP contribution is -2.40. The van der Waals surface area contributed by atoms with Crippen LogP contribution in [0.3, 0.4) is 0 Å². The zero-order valence-electron chi connectivity index (χ0n) is 12.3. The number of nitrogens with zero attached hydrogens (tertiary/aromatic N) is 2. The van der Waals surface area contributed by atoms with Gasteiger partial charge in [-0.2, -0.15) is 0 Å². The molecular weight excluding hydrogens is 292 g/mol.